The van der Waals surface area contributed by atoms with Crippen molar-refractivity contribution in [1.82, 2.24) is 4.90 Å². The van der Waals surface area contributed by atoms with Crippen LogP contribution in [0.5, 0.6) is 0 Å². The number of amides is 1. The van der Waals surface area contributed by atoms with E-state index in [1.807, 2.05) is 36.2 Å². The number of carbonyl (C=O) groups is 1. The van der Waals surface area contributed by atoms with E-state index in [4.69, 9.17) is 5.11 Å². The third-order valence-electron chi connectivity index (χ3n) is 3.53. The predicted molar refractivity (Wildman–Crippen MR) is 71.7 cm³/mol. The first-order chi connectivity index (χ1) is 8.74. The minimum atomic E-state index is 0.0955. The first-order valence-electron chi connectivity index (χ1n) is 6.42. The minimum Gasteiger partial charge on any atom is -0.396 e. The molecule has 0 saturated carbocycles. The van der Waals surface area contributed by atoms with Crippen LogP contribution in [0, 0.1) is 5.92 Å². The van der Waals surface area contributed by atoms with E-state index in [2.05, 4.69) is 5.32 Å². The third-order valence-corrected chi connectivity index (χ3v) is 3.53. The molecule has 18 heavy (non-hydrogen) atoms. The highest BCUT2D eigenvalue weighted by molar-refractivity contribution is 5.94. The lowest BCUT2D eigenvalue weighted by Gasteiger charge is -2.16. The summed E-state index contributed by atoms with van der Waals surface area (Å²) >= 11 is 0. The Morgan fingerprint density at radius 2 is 2.17 bits per heavy atom. The fourth-order valence-electron chi connectivity index (χ4n) is 2.40. The van der Waals surface area contributed by atoms with Crippen molar-refractivity contribution in [2.24, 2.45) is 5.92 Å². The molecule has 1 heterocycles. The number of benzene rings is 1. The topological polar surface area (TPSA) is 52.6 Å². The molecule has 1 amide bonds. The largest absolute Gasteiger partial charge is 0.396 e. The Morgan fingerprint density at radius 3 is 2.78 bits per heavy atom. The molecule has 0 aromatic heterocycles. The lowest BCUT2D eigenvalue weighted by atomic mass is 10.1. The average Bonchev–Trinajstić information content (AvgIpc) is 2.87. The van der Waals surface area contributed by atoms with Crippen LogP contribution in [-0.2, 0) is 0 Å². The minimum absolute atomic E-state index is 0.0955. The van der Waals surface area contributed by atoms with Crippen molar-refractivity contribution in [2.45, 2.75) is 12.8 Å². The highest BCUT2D eigenvalue weighted by Gasteiger charge is 2.26. The van der Waals surface area contributed by atoms with E-state index >= 15 is 0 Å². The second-order valence-corrected chi connectivity index (χ2v) is 4.75. The van der Waals surface area contributed by atoms with Gasteiger partial charge < -0.3 is 15.3 Å². The summed E-state index contributed by atoms with van der Waals surface area (Å²) < 4.78 is 0. The van der Waals surface area contributed by atoms with Crippen LogP contribution in [0.1, 0.15) is 23.2 Å². The SMILES string of the molecule is CNc1ccc(C(=O)N2CCC(CCO)C2)cc1. The summed E-state index contributed by atoms with van der Waals surface area (Å²) in [6.07, 6.45) is 1.80. The number of carbonyl (C=O) groups excluding carboxylic acids is 1. The molecule has 0 radical (unpaired) electrons. The summed E-state index contributed by atoms with van der Waals surface area (Å²) in [7, 11) is 1.86. The van der Waals surface area contributed by atoms with Gasteiger partial charge in [-0.1, -0.05) is 0 Å². The highest BCUT2D eigenvalue weighted by atomic mass is 16.3. The second kappa shape index (κ2) is 5.87. The zero-order valence-corrected chi connectivity index (χ0v) is 10.7. The molecule has 0 spiro atoms. The van der Waals surface area contributed by atoms with Gasteiger partial charge in [0.2, 0.25) is 0 Å². The van der Waals surface area contributed by atoms with Gasteiger partial charge in [-0.3, -0.25) is 4.79 Å². The molecule has 2 N–H and O–H groups in total. The van der Waals surface area contributed by atoms with Crippen molar-refractivity contribution in [1.29, 1.82) is 0 Å². The van der Waals surface area contributed by atoms with Crippen LogP contribution in [0.3, 0.4) is 0 Å². The summed E-state index contributed by atoms with van der Waals surface area (Å²) in [4.78, 5) is 14.1. The molecule has 0 bridgehead atoms. The Hall–Kier alpha value is -1.55. The van der Waals surface area contributed by atoms with Gasteiger partial charge in [-0.2, -0.15) is 0 Å². The van der Waals surface area contributed by atoms with Crippen molar-refractivity contribution >= 4 is 11.6 Å². The lowest BCUT2D eigenvalue weighted by Crippen LogP contribution is -2.28. The monoisotopic (exact) mass is 248 g/mol. The normalized spacial score (nSPS) is 19.0. The number of rotatable bonds is 4. The van der Waals surface area contributed by atoms with E-state index in [1.165, 1.54) is 0 Å². The molecule has 4 nitrogen and oxygen atoms in total. The van der Waals surface area contributed by atoms with Crippen LogP contribution >= 0.6 is 0 Å². The smallest absolute Gasteiger partial charge is 0.253 e. The summed E-state index contributed by atoms with van der Waals surface area (Å²) in [5.74, 6) is 0.550. The first-order valence-corrected chi connectivity index (χ1v) is 6.42. The van der Waals surface area contributed by atoms with Crippen LogP contribution in [0.4, 0.5) is 5.69 Å². The second-order valence-electron chi connectivity index (χ2n) is 4.75. The molecule has 1 aliphatic heterocycles. The molecule has 1 aromatic carbocycles. The quantitative estimate of drug-likeness (QED) is 0.850. The van der Waals surface area contributed by atoms with Crippen LogP contribution in [0.25, 0.3) is 0 Å². The van der Waals surface area contributed by atoms with Crippen LogP contribution in [0.2, 0.25) is 0 Å². The number of hydrogen-bond donors (Lipinski definition) is 2. The van der Waals surface area contributed by atoms with Gasteiger partial charge in [0.15, 0.2) is 0 Å². The molecule has 1 aromatic rings. The number of hydrogen-bond acceptors (Lipinski definition) is 3. The maximum Gasteiger partial charge on any atom is 0.253 e. The summed E-state index contributed by atoms with van der Waals surface area (Å²) in [6, 6.07) is 7.53. The zero-order valence-electron chi connectivity index (χ0n) is 10.7. The van der Waals surface area contributed by atoms with E-state index in [9.17, 15) is 4.79 Å². The van der Waals surface area contributed by atoms with Crippen molar-refractivity contribution in [3.63, 3.8) is 0 Å². The first kappa shape index (κ1) is 12.9. The molecule has 1 fully saturated rings. The van der Waals surface area contributed by atoms with Crippen molar-refractivity contribution in [2.75, 3.05) is 32.1 Å². The number of nitrogens with zero attached hydrogens (tertiary/aromatic N) is 1. The number of nitrogens with one attached hydrogen (secondary N) is 1. The Labute approximate surface area is 108 Å². The molecule has 1 unspecified atom stereocenters. The standard InChI is InChI=1S/C14H20N2O2/c1-15-13-4-2-12(3-5-13)14(18)16-8-6-11(10-16)7-9-17/h2-5,11,15,17H,6-10H2,1H3. The molecular formula is C14H20N2O2. The maximum atomic E-state index is 12.2. The number of aliphatic hydroxyl groups excluding tert-OH is 1. The molecule has 98 valence electrons. The molecule has 0 aliphatic carbocycles. The van der Waals surface area contributed by atoms with Crippen LogP contribution in [-0.4, -0.2) is 42.7 Å². The van der Waals surface area contributed by atoms with Gasteiger partial charge in [0.25, 0.3) is 5.91 Å². The molecule has 1 aliphatic rings. The van der Waals surface area contributed by atoms with Gasteiger partial charge in [0.05, 0.1) is 0 Å². The Balaban J connectivity index is 1.98. The van der Waals surface area contributed by atoms with Crippen molar-refractivity contribution in [3.8, 4) is 0 Å². The van der Waals surface area contributed by atoms with Gasteiger partial charge in [0, 0.05) is 38.0 Å². The van der Waals surface area contributed by atoms with Crippen molar-refractivity contribution in [3.05, 3.63) is 29.8 Å². The van der Waals surface area contributed by atoms with E-state index in [-0.39, 0.29) is 12.5 Å². The molecule has 1 atom stereocenters. The van der Waals surface area contributed by atoms with E-state index in [0.29, 0.717) is 5.92 Å². The van der Waals surface area contributed by atoms with E-state index in [0.717, 1.165) is 37.2 Å². The van der Waals surface area contributed by atoms with Crippen LogP contribution < -0.4 is 5.32 Å². The van der Waals surface area contributed by atoms with E-state index < -0.39 is 0 Å². The average molecular weight is 248 g/mol. The van der Waals surface area contributed by atoms with Crippen molar-refractivity contribution < 1.29 is 9.90 Å². The van der Waals surface area contributed by atoms with Gasteiger partial charge in [-0.15, -0.1) is 0 Å². The lowest BCUT2D eigenvalue weighted by molar-refractivity contribution is 0.0785. The van der Waals surface area contributed by atoms with Gasteiger partial charge in [-0.25, -0.2) is 0 Å². The molecule has 1 saturated heterocycles. The van der Waals surface area contributed by atoms with Gasteiger partial charge in [0.1, 0.15) is 0 Å². The predicted octanol–water partition coefficient (Wildman–Crippen LogP) is 1.57. The van der Waals surface area contributed by atoms with Gasteiger partial charge in [-0.05, 0) is 43.0 Å². The summed E-state index contributed by atoms with van der Waals surface area (Å²) in [5, 5.41) is 11.9. The number of likely N-dealkylation sites (tertiary alicyclic amines) is 1. The summed E-state index contributed by atoms with van der Waals surface area (Å²) in [5.41, 5.74) is 1.74. The van der Waals surface area contributed by atoms with Gasteiger partial charge >= 0.3 is 0 Å². The summed E-state index contributed by atoms with van der Waals surface area (Å²) in [6.45, 7) is 1.79. The Kier molecular flexibility index (Phi) is 4.20. The zero-order chi connectivity index (χ0) is 13.0. The Morgan fingerprint density at radius 1 is 1.44 bits per heavy atom. The Bertz CT molecular complexity index is 403. The van der Waals surface area contributed by atoms with Crippen LogP contribution in [0.15, 0.2) is 24.3 Å². The third kappa shape index (κ3) is 2.82. The highest BCUT2D eigenvalue weighted by Crippen LogP contribution is 2.21. The van der Waals surface area contributed by atoms with E-state index in [1.54, 1.807) is 0 Å². The number of anilines is 1. The maximum absolute atomic E-state index is 12.2. The molecule has 4 heteroatoms. The fraction of sp³-hybridized carbons (Fsp3) is 0.500. The number of aliphatic hydroxyl groups is 1. The molecular weight excluding hydrogens is 228 g/mol. The molecule has 2 rings (SSSR count). The fourth-order valence-corrected chi connectivity index (χ4v) is 2.40.